The van der Waals surface area contributed by atoms with Crippen LogP contribution in [0.5, 0.6) is 11.5 Å². The summed E-state index contributed by atoms with van der Waals surface area (Å²) in [6, 6.07) is 1.59. The highest BCUT2D eigenvalue weighted by atomic mass is 79.9. The molecule has 0 bridgehead atoms. The Balaban J connectivity index is 3.48. The van der Waals surface area contributed by atoms with Crippen LogP contribution in [0, 0.1) is 12.3 Å². The van der Waals surface area contributed by atoms with Gasteiger partial charge in [0.15, 0.2) is 11.5 Å². The minimum atomic E-state index is 0.0355. The van der Waals surface area contributed by atoms with E-state index in [4.69, 9.17) is 11.2 Å². The van der Waals surface area contributed by atoms with Crippen molar-refractivity contribution >= 4 is 31.9 Å². The zero-order valence-electron chi connectivity index (χ0n) is 6.77. The quantitative estimate of drug-likeness (QED) is 0.809. The molecule has 1 aromatic rings. The van der Waals surface area contributed by atoms with Gasteiger partial charge in [-0.2, -0.15) is 0 Å². The number of hydrogen-bond donors (Lipinski definition) is 1. The van der Waals surface area contributed by atoms with Gasteiger partial charge in [-0.05, 0) is 31.9 Å². The number of rotatable bonds is 1. The Morgan fingerprint density at radius 3 is 2.54 bits per heavy atom. The summed E-state index contributed by atoms with van der Waals surface area (Å²) in [6.07, 6.45) is 5.26. The molecule has 4 heteroatoms. The molecule has 68 valence electrons. The second kappa shape index (κ2) is 4.03. The molecule has 2 nitrogen and oxygen atoms in total. The molecule has 0 spiro atoms. The smallest absolute Gasteiger partial charge is 0.173 e. The van der Waals surface area contributed by atoms with Gasteiger partial charge in [0.1, 0.15) is 0 Å². The van der Waals surface area contributed by atoms with Crippen LogP contribution in [0.15, 0.2) is 15.0 Å². The maximum Gasteiger partial charge on any atom is 0.173 e. The lowest BCUT2D eigenvalue weighted by Gasteiger charge is -2.08. The number of terminal acetylenes is 1. The van der Waals surface area contributed by atoms with E-state index in [1.165, 1.54) is 7.11 Å². The second-order valence-electron chi connectivity index (χ2n) is 2.25. The van der Waals surface area contributed by atoms with Gasteiger partial charge in [-0.25, -0.2) is 0 Å². The van der Waals surface area contributed by atoms with Crippen LogP contribution in [0.4, 0.5) is 0 Å². The lowest BCUT2D eigenvalue weighted by atomic mass is 10.2. The molecule has 0 radical (unpaired) electrons. The summed E-state index contributed by atoms with van der Waals surface area (Å²) in [7, 11) is 1.47. The molecule has 1 N–H and O–H groups in total. The van der Waals surface area contributed by atoms with E-state index in [2.05, 4.69) is 37.8 Å². The molecule has 0 saturated carbocycles. The average molecular weight is 306 g/mol. The molecular formula is C9H6Br2O2. The van der Waals surface area contributed by atoms with Gasteiger partial charge < -0.3 is 9.84 Å². The molecule has 0 aliphatic rings. The molecule has 0 amide bonds. The molecule has 0 aliphatic heterocycles. The molecule has 0 heterocycles. The van der Waals surface area contributed by atoms with Gasteiger partial charge in [0.25, 0.3) is 0 Å². The number of benzene rings is 1. The Bertz CT molecular complexity index is 380. The Morgan fingerprint density at radius 1 is 1.46 bits per heavy atom. The van der Waals surface area contributed by atoms with Crippen molar-refractivity contribution in [2.24, 2.45) is 0 Å². The van der Waals surface area contributed by atoms with E-state index in [1.807, 2.05) is 0 Å². The zero-order valence-corrected chi connectivity index (χ0v) is 9.94. The molecule has 0 atom stereocenters. The van der Waals surface area contributed by atoms with E-state index in [-0.39, 0.29) is 5.75 Å². The third-order valence-corrected chi connectivity index (χ3v) is 3.65. The van der Waals surface area contributed by atoms with Crippen molar-refractivity contribution < 1.29 is 9.84 Å². The summed E-state index contributed by atoms with van der Waals surface area (Å²) in [5.41, 5.74) is 0.626. The Labute approximate surface area is 93.2 Å². The third kappa shape index (κ3) is 1.82. The summed E-state index contributed by atoms with van der Waals surface area (Å²) in [5, 5.41) is 9.53. The predicted octanol–water partition coefficient (Wildman–Crippen LogP) is 2.91. The fraction of sp³-hybridized carbons (Fsp3) is 0.111. The average Bonchev–Trinajstić information content (AvgIpc) is 2.15. The SMILES string of the molecule is C#Cc1cc(OC)c(O)c(Br)c1Br. The number of aromatic hydroxyl groups is 1. The van der Waals surface area contributed by atoms with E-state index in [9.17, 15) is 5.11 Å². The first-order valence-corrected chi connectivity index (χ1v) is 4.92. The monoisotopic (exact) mass is 304 g/mol. The first-order chi connectivity index (χ1) is 6.11. The normalized spacial score (nSPS) is 9.38. The number of methoxy groups -OCH3 is 1. The molecule has 0 saturated heterocycles. The maximum absolute atomic E-state index is 9.53. The molecule has 1 rings (SSSR count). The highest BCUT2D eigenvalue weighted by Crippen LogP contribution is 2.41. The first-order valence-electron chi connectivity index (χ1n) is 3.33. The lowest BCUT2D eigenvalue weighted by molar-refractivity contribution is 0.371. The van der Waals surface area contributed by atoms with Crippen LogP contribution >= 0.6 is 31.9 Å². The van der Waals surface area contributed by atoms with Gasteiger partial charge >= 0.3 is 0 Å². The van der Waals surface area contributed by atoms with Crippen molar-refractivity contribution in [2.45, 2.75) is 0 Å². The lowest BCUT2D eigenvalue weighted by Crippen LogP contribution is -1.88. The predicted molar refractivity (Wildman–Crippen MR) is 58.0 cm³/mol. The van der Waals surface area contributed by atoms with E-state index in [0.29, 0.717) is 20.3 Å². The van der Waals surface area contributed by atoms with Crippen LogP contribution in [0.2, 0.25) is 0 Å². The summed E-state index contributed by atoms with van der Waals surface area (Å²) < 4.78 is 6.07. The van der Waals surface area contributed by atoms with Crippen molar-refractivity contribution in [1.29, 1.82) is 0 Å². The Morgan fingerprint density at radius 2 is 2.08 bits per heavy atom. The summed E-state index contributed by atoms with van der Waals surface area (Å²) in [5.74, 6) is 2.86. The fourth-order valence-electron chi connectivity index (χ4n) is 0.854. The van der Waals surface area contributed by atoms with Gasteiger partial charge in [-0.1, -0.05) is 5.92 Å². The molecule has 0 fully saturated rings. The van der Waals surface area contributed by atoms with Gasteiger partial charge in [-0.15, -0.1) is 6.42 Å². The molecular weight excluding hydrogens is 300 g/mol. The minimum absolute atomic E-state index is 0.0355. The third-order valence-electron chi connectivity index (χ3n) is 1.52. The largest absolute Gasteiger partial charge is 0.503 e. The van der Waals surface area contributed by atoms with Gasteiger partial charge in [0.05, 0.1) is 16.1 Å². The number of halogens is 2. The van der Waals surface area contributed by atoms with Crippen molar-refractivity contribution in [3.8, 4) is 23.8 Å². The summed E-state index contributed by atoms with van der Waals surface area (Å²) in [6.45, 7) is 0. The van der Waals surface area contributed by atoms with E-state index >= 15 is 0 Å². The number of ether oxygens (including phenoxy) is 1. The van der Waals surface area contributed by atoms with Gasteiger partial charge in [0, 0.05) is 11.6 Å². The van der Waals surface area contributed by atoms with Crippen LogP contribution in [0.25, 0.3) is 0 Å². The Hall–Kier alpha value is -0.660. The zero-order chi connectivity index (χ0) is 10.0. The molecule has 0 aromatic heterocycles. The van der Waals surface area contributed by atoms with Crippen LogP contribution in [0.1, 0.15) is 5.56 Å². The van der Waals surface area contributed by atoms with Gasteiger partial charge in [-0.3, -0.25) is 0 Å². The number of hydrogen-bond acceptors (Lipinski definition) is 2. The van der Waals surface area contributed by atoms with Crippen molar-refractivity contribution in [1.82, 2.24) is 0 Å². The van der Waals surface area contributed by atoms with E-state index < -0.39 is 0 Å². The second-order valence-corrected chi connectivity index (χ2v) is 3.83. The highest BCUT2D eigenvalue weighted by molar-refractivity contribution is 9.13. The van der Waals surface area contributed by atoms with Crippen LogP contribution in [-0.4, -0.2) is 12.2 Å². The Kier molecular flexibility index (Phi) is 3.23. The van der Waals surface area contributed by atoms with E-state index in [0.717, 1.165) is 0 Å². The van der Waals surface area contributed by atoms with Crippen molar-refractivity contribution in [3.63, 3.8) is 0 Å². The van der Waals surface area contributed by atoms with Crippen molar-refractivity contribution in [3.05, 3.63) is 20.6 Å². The summed E-state index contributed by atoms with van der Waals surface area (Å²) >= 11 is 6.44. The topological polar surface area (TPSA) is 29.5 Å². The number of phenols is 1. The van der Waals surface area contributed by atoms with Gasteiger partial charge in [0.2, 0.25) is 0 Å². The van der Waals surface area contributed by atoms with Crippen molar-refractivity contribution in [2.75, 3.05) is 7.11 Å². The van der Waals surface area contributed by atoms with Crippen LogP contribution in [0.3, 0.4) is 0 Å². The molecule has 13 heavy (non-hydrogen) atoms. The minimum Gasteiger partial charge on any atom is -0.503 e. The molecule has 0 unspecified atom stereocenters. The standard InChI is InChI=1S/C9H6Br2O2/c1-3-5-4-6(13-2)9(12)8(11)7(5)10/h1,4,12H,2H3. The van der Waals surface area contributed by atoms with Crippen LogP contribution in [-0.2, 0) is 0 Å². The molecule has 0 aliphatic carbocycles. The summed E-state index contributed by atoms with van der Waals surface area (Å²) in [4.78, 5) is 0. The highest BCUT2D eigenvalue weighted by Gasteiger charge is 2.13. The fourth-order valence-corrected chi connectivity index (χ4v) is 1.68. The first kappa shape index (κ1) is 10.4. The maximum atomic E-state index is 9.53. The number of phenolic OH excluding ortho intramolecular Hbond substituents is 1. The van der Waals surface area contributed by atoms with Crippen LogP contribution < -0.4 is 4.74 Å². The van der Waals surface area contributed by atoms with E-state index in [1.54, 1.807) is 6.07 Å². The molecule has 1 aromatic carbocycles.